The second kappa shape index (κ2) is 7.66. The summed E-state index contributed by atoms with van der Waals surface area (Å²) < 4.78 is 13.4. The largest absolute Gasteiger partial charge is 0.384 e. The number of amides is 1. The molecule has 0 aliphatic carbocycles. The van der Waals surface area contributed by atoms with Crippen LogP contribution in [0, 0.1) is 17.7 Å². The van der Waals surface area contributed by atoms with Crippen LogP contribution in [0.15, 0.2) is 18.2 Å². The lowest BCUT2D eigenvalue weighted by molar-refractivity contribution is 0.0736. The second-order valence-corrected chi connectivity index (χ2v) is 4.70. The molecule has 1 amide bonds. The SMILES string of the molecule is CCCC(C)N(C)C(=O)c1cc(F)ccc1C#CCO. The highest BCUT2D eigenvalue weighted by atomic mass is 19.1. The van der Waals surface area contributed by atoms with E-state index in [1.165, 1.54) is 18.2 Å². The van der Waals surface area contributed by atoms with Gasteiger partial charge in [-0.25, -0.2) is 4.39 Å². The Bertz CT molecular complexity index is 531. The molecule has 0 aromatic heterocycles. The summed E-state index contributed by atoms with van der Waals surface area (Å²) in [6, 6.07) is 3.99. The van der Waals surface area contributed by atoms with E-state index in [1.54, 1.807) is 11.9 Å². The summed E-state index contributed by atoms with van der Waals surface area (Å²) in [6.45, 7) is 3.71. The van der Waals surface area contributed by atoms with Crippen LogP contribution in [-0.2, 0) is 0 Å². The molecule has 108 valence electrons. The lowest BCUT2D eigenvalue weighted by Crippen LogP contribution is -2.35. The first-order valence-corrected chi connectivity index (χ1v) is 6.67. The van der Waals surface area contributed by atoms with Crippen molar-refractivity contribution in [3.63, 3.8) is 0 Å². The summed E-state index contributed by atoms with van der Waals surface area (Å²) >= 11 is 0. The molecule has 1 aromatic rings. The summed E-state index contributed by atoms with van der Waals surface area (Å²) in [4.78, 5) is 14.0. The van der Waals surface area contributed by atoms with Gasteiger partial charge in [0.1, 0.15) is 12.4 Å². The Morgan fingerprint density at radius 2 is 2.20 bits per heavy atom. The van der Waals surface area contributed by atoms with Gasteiger partial charge in [-0.2, -0.15) is 0 Å². The maximum absolute atomic E-state index is 13.4. The third-order valence-electron chi connectivity index (χ3n) is 3.20. The monoisotopic (exact) mass is 277 g/mol. The molecule has 1 unspecified atom stereocenters. The van der Waals surface area contributed by atoms with Crippen LogP contribution in [0.1, 0.15) is 42.6 Å². The highest BCUT2D eigenvalue weighted by molar-refractivity contribution is 5.96. The summed E-state index contributed by atoms with van der Waals surface area (Å²) in [5, 5.41) is 8.74. The van der Waals surface area contributed by atoms with E-state index in [4.69, 9.17) is 5.11 Å². The molecule has 0 saturated heterocycles. The van der Waals surface area contributed by atoms with E-state index < -0.39 is 5.82 Å². The molecule has 0 saturated carbocycles. The number of carbonyl (C=O) groups is 1. The molecule has 0 fully saturated rings. The lowest BCUT2D eigenvalue weighted by atomic mass is 10.0. The topological polar surface area (TPSA) is 40.5 Å². The average Bonchev–Trinajstić information content (AvgIpc) is 2.44. The zero-order valence-electron chi connectivity index (χ0n) is 12.1. The maximum atomic E-state index is 13.4. The van der Waals surface area contributed by atoms with E-state index in [1.807, 2.05) is 6.92 Å². The number of benzene rings is 1. The summed E-state index contributed by atoms with van der Waals surface area (Å²) in [5.74, 6) is 4.44. The Balaban J connectivity index is 3.10. The van der Waals surface area contributed by atoms with E-state index in [2.05, 4.69) is 18.8 Å². The molecule has 4 heteroatoms. The van der Waals surface area contributed by atoms with Gasteiger partial charge >= 0.3 is 0 Å². The van der Waals surface area contributed by atoms with Crippen molar-refractivity contribution in [1.82, 2.24) is 4.90 Å². The molecule has 0 heterocycles. The molecular weight excluding hydrogens is 257 g/mol. The van der Waals surface area contributed by atoms with Crippen LogP contribution in [0.2, 0.25) is 0 Å². The van der Waals surface area contributed by atoms with Crippen molar-refractivity contribution in [2.45, 2.75) is 32.7 Å². The van der Waals surface area contributed by atoms with Crippen molar-refractivity contribution < 1.29 is 14.3 Å². The van der Waals surface area contributed by atoms with Gasteiger partial charge in [0.2, 0.25) is 0 Å². The number of aliphatic hydroxyl groups is 1. The molecule has 1 rings (SSSR count). The molecule has 1 N–H and O–H groups in total. The second-order valence-electron chi connectivity index (χ2n) is 4.70. The van der Waals surface area contributed by atoms with Gasteiger partial charge in [-0.1, -0.05) is 25.2 Å². The number of carbonyl (C=O) groups excluding carboxylic acids is 1. The number of nitrogens with zero attached hydrogens (tertiary/aromatic N) is 1. The minimum atomic E-state index is -0.473. The zero-order valence-corrected chi connectivity index (χ0v) is 12.1. The van der Waals surface area contributed by atoms with Gasteiger partial charge < -0.3 is 10.0 Å². The van der Waals surface area contributed by atoms with E-state index in [9.17, 15) is 9.18 Å². The van der Waals surface area contributed by atoms with Gasteiger partial charge in [0, 0.05) is 18.7 Å². The summed E-state index contributed by atoms with van der Waals surface area (Å²) in [6.07, 6.45) is 1.86. The fourth-order valence-electron chi connectivity index (χ4n) is 1.94. The number of aliphatic hydroxyl groups excluding tert-OH is 1. The quantitative estimate of drug-likeness (QED) is 0.859. The van der Waals surface area contributed by atoms with Crippen LogP contribution in [0.5, 0.6) is 0 Å². The van der Waals surface area contributed by atoms with Crippen molar-refractivity contribution >= 4 is 5.91 Å². The van der Waals surface area contributed by atoms with E-state index >= 15 is 0 Å². The van der Waals surface area contributed by atoms with E-state index in [-0.39, 0.29) is 24.1 Å². The van der Waals surface area contributed by atoms with E-state index in [0.717, 1.165) is 12.8 Å². The van der Waals surface area contributed by atoms with Crippen LogP contribution in [0.25, 0.3) is 0 Å². The van der Waals surface area contributed by atoms with Crippen molar-refractivity contribution in [2.24, 2.45) is 0 Å². The predicted molar refractivity (Wildman–Crippen MR) is 76.8 cm³/mol. The van der Waals surface area contributed by atoms with Gasteiger partial charge in [0.05, 0.1) is 5.56 Å². The first kappa shape index (κ1) is 16.2. The molecule has 0 aliphatic heterocycles. The van der Waals surface area contributed by atoms with Crippen LogP contribution < -0.4 is 0 Å². The Kier molecular flexibility index (Phi) is 6.20. The van der Waals surface area contributed by atoms with Gasteiger partial charge in [0.25, 0.3) is 5.91 Å². The van der Waals surface area contributed by atoms with Gasteiger partial charge in [-0.05, 0) is 31.5 Å². The smallest absolute Gasteiger partial charge is 0.255 e. The standard InChI is InChI=1S/C16H20FNO2/c1-4-6-12(2)18(3)16(20)15-11-14(17)9-8-13(15)7-5-10-19/h8-9,11-12,19H,4,6,10H2,1-3H3. The minimum Gasteiger partial charge on any atom is -0.384 e. The number of hydrogen-bond donors (Lipinski definition) is 1. The Labute approximate surface area is 119 Å². The maximum Gasteiger partial charge on any atom is 0.255 e. The van der Waals surface area contributed by atoms with Crippen LogP contribution in [-0.4, -0.2) is 35.6 Å². The van der Waals surface area contributed by atoms with Crippen molar-refractivity contribution in [1.29, 1.82) is 0 Å². The molecule has 1 aromatic carbocycles. The Morgan fingerprint density at radius 1 is 1.50 bits per heavy atom. The fourth-order valence-corrected chi connectivity index (χ4v) is 1.94. The minimum absolute atomic E-state index is 0.0782. The van der Waals surface area contributed by atoms with Gasteiger partial charge in [-0.3, -0.25) is 4.79 Å². The van der Waals surface area contributed by atoms with Gasteiger partial charge in [-0.15, -0.1) is 0 Å². The molecule has 3 nitrogen and oxygen atoms in total. The highest BCUT2D eigenvalue weighted by Crippen LogP contribution is 2.15. The Morgan fingerprint density at radius 3 is 2.80 bits per heavy atom. The molecule has 0 aliphatic rings. The molecular formula is C16H20FNO2. The van der Waals surface area contributed by atoms with Crippen molar-refractivity contribution in [2.75, 3.05) is 13.7 Å². The number of rotatable bonds is 4. The molecule has 0 radical (unpaired) electrons. The van der Waals surface area contributed by atoms with Crippen LogP contribution >= 0.6 is 0 Å². The lowest BCUT2D eigenvalue weighted by Gasteiger charge is -2.25. The Hall–Kier alpha value is -1.86. The van der Waals surface area contributed by atoms with E-state index in [0.29, 0.717) is 5.56 Å². The molecule has 20 heavy (non-hydrogen) atoms. The first-order valence-electron chi connectivity index (χ1n) is 6.67. The first-order chi connectivity index (χ1) is 9.51. The summed E-state index contributed by atoms with van der Waals surface area (Å²) in [7, 11) is 1.71. The van der Waals surface area contributed by atoms with Crippen molar-refractivity contribution in [3.8, 4) is 11.8 Å². The number of hydrogen-bond acceptors (Lipinski definition) is 2. The molecule has 0 spiro atoms. The number of halogens is 1. The third-order valence-corrected chi connectivity index (χ3v) is 3.20. The zero-order chi connectivity index (χ0) is 15.1. The van der Waals surface area contributed by atoms with Crippen molar-refractivity contribution in [3.05, 3.63) is 35.1 Å². The average molecular weight is 277 g/mol. The molecule has 0 bridgehead atoms. The predicted octanol–water partition coefficient (Wildman–Crippen LogP) is 2.43. The normalized spacial score (nSPS) is 11.4. The summed E-state index contributed by atoms with van der Waals surface area (Å²) in [5.41, 5.74) is 0.664. The highest BCUT2D eigenvalue weighted by Gasteiger charge is 2.19. The van der Waals surface area contributed by atoms with Crippen LogP contribution in [0.3, 0.4) is 0 Å². The fraction of sp³-hybridized carbons (Fsp3) is 0.438. The third kappa shape index (κ3) is 4.07. The van der Waals surface area contributed by atoms with Gasteiger partial charge in [0.15, 0.2) is 0 Å². The molecule has 1 atom stereocenters. The van der Waals surface area contributed by atoms with Crippen LogP contribution in [0.4, 0.5) is 4.39 Å².